The highest BCUT2D eigenvalue weighted by Gasteiger charge is 2.24. The highest BCUT2D eigenvalue weighted by Crippen LogP contribution is 2.23. The van der Waals surface area contributed by atoms with Gasteiger partial charge >= 0.3 is 5.91 Å². The third-order valence-electron chi connectivity index (χ3n) is 2.59. The van der Waals surface area contributed by atoms with E-state index in [0.717, 1.165) is 10.9 Å². The average Bonchev–Trinajstić information content (AvgIpc) is 2.76. The van der Waals surface area contributed by atoms with Crippen molar-refractivity contribution in [2.75, 3.05) is 0 Å². The molecule has 1 aromatic heterocycles. The van der Waals surface area contributed by atoms with Crippen molar-refractivity contribution < 1.29 is 9.59 Å². The molecular weight excluding hydrogens is 218 g/mol. The molecule has 0 bridgehead atoms. The van der Waals surface area contributed by atoms with Gasteiger partial charge in [0.2, 0.25) is 0 Å². The number of carbonyl (C=O) groups excluding carboxylic acids is 2. The Hall–Kier alpha value is -2.56. The highest BCUT2D eigenvalue weighted by atomic mass is 16.2. The molecule has 5 heteroatoms. The molecule has 1 amide bonds. The number of rotatable bonds is 1. The van der Waals surface area contributed by atoms with Crippen molar-refractivity contribution in [3.8, 4) is 0 Å². The number of aromatic nitrogens is 1. The van der Waals surface area contributed by atoms with Crippen LogP contribution < -0.4 is 0 Å². The standard InChI is InChI=1S/C12H7N3O2/c16-11-8(6-13-15-12(11)17)10-5-7-3-1-2-4-9(7)14-10/h1-6,14H. The number of fused-ring (bicyclic) bond motifs is 1. The lowest BCUT2D eigenvalue weighted by Gasteiger charge is -2.02. The van der Waals surface area contributed by atoms with Gasteiger partial charge in [0.25, 0.3) is 5.78 Å². The summed E-state index contributed by atoms with van der Waals surface area (Å²) in [5.41, 5.74) is 1.75. The molecule has 0 atom stereocenters. The fourth-order valence-corrected chi connectivity index (χ4v) is 1.77. The summed E-state index contributed by atoms with van der Waals surface area (Å²) in [6, 6.07) is 9.43. The molecule has 0 aliphatic carbocycles. The average molecular weight is 225 g/mol. The van der Waals surface area contributed by atoms with Gasteiger partial charge in [-0.2, -0.15) is 5.11 Å². The Morgan fingerprint density at radius 1 is 1.12 bits per heavy atom. The molecule has 1 N–H and O–H groups in total. The summed E-state index contributed by atoms with van der Waals surface area (Å²) >= 11 is 0. The smallest absolute Gasteiger partial charge is 0.336 e. The first-order chi connectivity index (χ1) is 8.25. The van der Waals surface area contributed by atoms with Crippen molar-refractivity contribution in [2.24, 2.45) is 10.2 Å². The number of Topliss-reactive ketones (excluding diaryl/α,β-unsaturated/α-hetero) is 1. The fourth-order valence-electron chi connectivity index (χ4n) is 1.77. The number of nitrogens with zero attached hydrogens (tertiary/aromatic N) is 2. The molecule has 0 spiro atoms. The lowest BCUT2D eigenvalue weighted by Crippen LogP contribution is -2.15. The van der Waals surface area contributed by atoms with E-state index in [1.54, 1.807) is 0 Å². The molecular formula is C12H7N3O2. The van der Waals surface area contributed by atoms with Crippen LogP contribution in [0.1, 0.15) is 5.69 Å². The van der Waals surface area contributed by atoms with Crippen molar-refractivity contribution in [3.63, 3.8) is 0 Å². The maximum absolute atomic E-state index is 11.6. The molecule has 17 heavy (non-hydrogen) atoms. The highest BCUT2D eigenvalue weighted by molar-refractivity contribution is 6.54. The molecule has 0 fully saturated rings. The van der Waals surface area contributed by atoms with Gasteiger partial charge in [-0.05, 0) is 12.1 Å². The van der Waals surface area contributed by atoms with E-state index in [4.69, 9.17) is 0 Å². The second-order valence-electron chi connectivity index (χ2n) is 3.66. The van der Waals surface area contributed by atoms with Crippen LogP contribution in [0.5, 0.6) is 0 Å². The zero-order chi connectivity index (χ0) is 11.8. The zero-order valence-electron chi connectivity index (χ0n) is 8.68. The van der Waals surface area contributed by atoms with Gasteiger partial charge in [0, 0.05) is 10.9 Å². The molecule has 5 nitrogen and oxygen atoms in total. The van der Waals surface area contributed by atoms with Crippen molar-refractivity contribution in [1.29, 1.82) is 0 Å². The Bertz CT molecular complexity index is 662. The topological polar surface area (TPSA) is 74.7 Å². The zero-order valence-corrected chi connectivity index (χ0v) is 8.68. The number of azo groups is 1. The predicted octanol–water partition coefficient (Wildman–Crippen LogP) is 2.07. The van der Waals surface area contributed by atoms with Crippen molar-refractivity contribution in [1.82, 2.24) is 4.98 Å². The van der Waals surface area contributed by atoms with E-state index in [1.807, 2.05) is 30.3 Å². The number of hydrogen-bond donors (Lipinski definition) is 1. The first kappa shape index (κ1) is 9.65. The Morgan fingerprint density at radius 2 is 1.94 bits per heavy atom. The molecule has 1 aliphatic rings. The van der Waals surface area contributed by atoms with Crippen LogP contribution in [0.2, 0.25) is 0 Å². The Labute approximate surface area is 95.9 Å². The second kappa shape index (κ2) is 3.48. The fraction of sp³-hybridized carbons (Fsp3) is 0. The van der Waals surface area contributed by atoms with E-state index in [1.165, 1.54) is 6.20 Å². The molecule has 0 saturated heterocycles. The Kier molecular flexibility index (Phi) is 1.98. The maximum Gasteiger partial charge on any atom is 0.336 e. The second-order valence-corrected chi connectivity index (χ2v) is 3.66. The summed E-state index contributed by atoms with van der Waals surface area (Å²) in [7, 11) is 0. The molecule has 0 unspecified atom stereocenters. The van der Waals surface area contributed by atoms with Gasteiger partial charge < -0.3 is 4.98 Å². The molecule has 2 aromatic rings. The van der Waals surface area contributed by atoms with E-state index < -0.39 is 11.7 Å². The van der Waals surface area contributed by atoms with E-state index in [0.29, 0.717) is 5.69 Å². The normalized spacial score (nSPS) is 15.4. The monoisotopic (exact) mass is 225 g/mol. The van der Waals surface area contributed by atoms with Crippen LogP contribution in [0.25, 0.3) is 16.5 Å². The summed E-state index contributed by atoms with van der Waals surface area (Å²) in [4.78, 5) is 25.8. The van der Waals surface area contributed by atoms with E-state index in [2.05, 4.69) is 15.2 Å². The summed E-state index contributed by atoms with van der Waals surface area (Å²) in [6.45, 7) is 0. The van der Waals surface area contributed by atoms with Crippen LogP contribution in [-0.2, 0) is 9.59 Å². The van der Waals surface area contributed by atoms with Gasteiger partial charge in [0.1, 0.15) is 0 Å². The number of amides is 1. The minimum Gasteiger partial charge on any atom is -0.354 e. The van der Waals surface area contributed by atoms with Crippen LogP contribution in [-0.4, -0.2) is 16.7 Å². The molecule has 3 rings (SSSR count). The van der Waals surface area contributed by atoms with E-state index >= 15 is 0 Å². The number of H-pyrrole nitrogens is 1. The molecule has 2 heterocycles. The summed E-state index contributed by atoms with van der Waals surface area (Å²) in [5.74, 6) is -1.47. The largest absolute Gasteiger partial charge is 0.354 e. The molecule has 82 valence electrons. The van der Waals surface area contributed by atoms with Crippen LogP contribution in [0.15, 0.2) is 46.8 Å². The third kappa shape index (κ3) is 1.48. The van der Waals surface area contributed by atoms with Crippen LogP contribution >= 0.6 is 0 Å². The Morgan fingerprint density at radius 3 is 2.76 bits per heavy atom. The summed E-state index contributed by atoms with van der Waals surface area (Å²) in [6.07, 6.45) is 1.30. The van der Waals surface area contributed by atoms with Crippen molar-refractivity contribution >= 4 is 28.2 Å². The lowest BCUT2D eigenvalue weighted by atomic mass is 10.1. The SMILES string of the molecule is O=C1N=NC=C(c2cc3ccccc3[nH]2)C1=O. The van der Waals surface area contributed by atoms with Crippen LogP contribution in [0.3, 0.4) is 0 Å². The van der Waals surface area contributed by atoms with Crippen LogP contribution in [0, 0.1) is 0 Å². The van der Waals surface area contributed by atoms with Gasteiger partial charge in [-0.15, -0.1) is 5.11 Å². The number of para-hydroxylation sites is 1. The maximum atomic E-state index is 11.6. The van der Waals surface area contributed by atoms with Crippen molar-refractivity contribution in [3.05, 3.63) is 42.2 Å². The quantitative estimate of drug-likeness (QED) is 0.754. The third-order valence-corrected chi connectivity index (χ3v) is 2.59. The van der Waals surface area contributed by atoms with Gasteiger partial charge in [-0.1, -0.05) is 18.2 Å². The molecule has 1 aromatic carbocycles. The number of aromatic amines is 1. The molecule has 1 aliphatic heterocycles. The summed E-state index contributed by atoms with van der Waals surface area (Å²) in [5, 5.41) is 7.67. The number of carbonyl (C=O) groups is 2. The number of nitrogens with one attached hydrogen (secondary N) is 1. The van der Waals surface area contributed by atoms with Gasteiger partial charge in [0.05, 0.1) is 17.5 Å². The lowest BCUT2D eigenvalue weighted by molar-refractivity contribution is -0.133. The number of ketones is 1. The predicted molar refractivity (Wildman–Crippen MR) is 61.1 cm³/mol. The minimum atomic E-state index is -0.832. The number of benzene rings is 1. The van der Waals surface area contributed by atoms with Crippen LogP contribution in [0.4, 0.5) is 0 Å². The van der Waals surface area contributed by atoms with Crippen molar-refractivity contribution in [2.45, 2.75) is 0 Å². The first-order valence-corrected chi connectivity index (χ1v) is 5.03. The van der Waals surface area contributed by atoms with Gasteiger partial charge in [-0.3, -0.25) is 9.59 Å². The number of hydrogen-bond acceptors (Lipinski definition) is 3. The van der Waals surface area contributed by atoms with Gasteiger partial charge in [0.15, 0.2) is 0 Å². The van der Waals surface area contributed by atoms with E-state index in [9.17, 15) is 9.59 Å². The summed E-state index contributed by atoms with van der Waals surface area (Å²) < 4.78 is 0. The minimum absolute atomic E-state index is 0.251. The molecule has 0 radical (unpaired) electrons. The Balaban J connectivity index is 2.16. The molecule has 0 saturated carbocycles. The van der Waals surface area contributed by atoms with E-state index in [-0.39, 0.29) is 5.57 Å². The first-order valence-electron chi connectivity index (χ1n) is 5.03. The van der Waals surface area contributed by atoms with Gasteiger partial charge in [-0.25, -0.2) is 0 Å².